The number of rotatable bonds is 5. The molecule has 1 aliphatic rings. The average molecular weight is 327 g/mol. The van der Waals surface area contributed by atoms with Crippen molar-refractivity contribution in [3.05, 3.63) is 48.0 Å². The first kappa shape index (κ1) is 16.2. The topological polar surface area (TPSA) is 94.1 Å². The molecule has 1 fully saturated rings. The van der Waals surface area contributed by atoms with E-state index < -0.39 is 0 Å². The van der Waals surface area contributed by atoms with E-state index in [9.17, 15) is 9.59 Å². The van der Waals surface area contributed by atoms with Crippen molar-refractivity contribution < 1.29 is 9.59 Å². The Labute approximate surface area is 140 Å². The van der Waals surface area contributed by atoms with Crippen molar-refractivity contribution in [2.75, 3.05) is 13.1 Å². The van der Waals surface area contributed by atoms with E-state index in [1.165, 1.54) is 6.33 Å². The number of aromatic nitrogens is 3. The van der Waals surface area contributed by atoms with Gasteiger partial charge < -0.3 is 10.6 Å². The third-order valence-corrected chi connectivity index (χ3v) is 4.40. The molecule has 1 saturated heterocycles. The fraction of sp³-hybridized carbons (Fsp3) is 0.412. The van der Waals surface area contributed by atoms with Gasteiger partial charge in [0.2, 0.25) is 5.91 Å². The van der Waals surface area contributed by atoms with Crippen molar-refractivity contribution in [1.82, 2.24) is 19.7 Å². The Morgan fingerprint density at radius 2 is 1.88 bits per heavy atom. The third kappa shape index (κ3) is 3.98. The molecule has 2 aromatic rings. The van der Waals surface area contributed by atoms with Crippen molar-refractivity contribution in [1.29, 1.82) is 0 Å². The second-order valence-electron chi connectivity index (χ2n) is 6.20. The van der Waals surface area contributed by atoms with Gasteiger partial charge in [0.25, 0.3) is 5.91 Å². The van der Waals surface area contributed by atoms with Crippen LogP contribution < -0.4 is 5.73 Å². The van der Waals surface area contributed by atoms with Crippen molar-refractivity contribution in [3.63, 3.8) is 0 Å². The summed E-state index contributed by atoms with van der Waals surface area (Å²) in [7, 11) is 0. The maximum Gasteiger partial charge on any atom is 0.253 e. The van der Waals surface area contributed by atoms with Crippen LogP contribution in [0.3, 0.4) is 0 Å². The molecule has 0 spiro atoms. The lowest BCUT2D eigenvalue weighted by molar-refractivity contribution is -0.119. The number of nitrogens with two attached hydrogens (primary N) is 1. The minimum absolute atomic E-state index is 0.0415. The van der Waals surface area contributed by atoms with Crippen molar-refractivity contribution in [2.24, 2.45) is 11.7 Å². The van der Waals surface area contributed by atoms with E-state index in [0.29, 0.717) is 37.5 Å². The Balaban J connectivity index is 1.56. The molecule has 2 amide bonds. The quantitative estimate of drug-likeness (QED) is 0.888. The van der Waals surface area contributed by atoms with Crippen molar-refractivity contribution >= 4 is 11.8 Å². The van der Waals surface area contributed by atoms with Crippen LogP contribution in [0.25, 0.3) is 0 Å². The number of hydrogen-bond acceptors (Lipinski definition) is 4. The molecule has 3 rings (SSSR count). The second kappa shape index (κ2) is 7.25. The number of benzene rings is 1. The molecule has 126 valence electrons. The summed E-state index contributed by atoms with van der Waals surface area (Å²) in [6, 6.07) is 7.58. The summed E-state index contributed by atoms with van der Waals surface area (Å²) < 4.78 is 1.74. The fourth-order valence-electron chi connectivity index (χ4n) is 3.06. The molecule has 1 aliphatic heterocycles. The number of hydrogen-bond donors (Lipinski definition) is 1. The standard InChI is InChI=1S/C17H21N5O2/c18-16(23)9-13-5-7-21(8-6-13)17(24)15-3-1-14(2-4-15)10-22-12-19-11-20-22/h1-4,11-13H,5-10H2,(H2,18,23). The molecular weight excluding hydrogens is 306 g/mol. The van der Waals surface area contributed by atoms with Gasteiger partial charge in [0.1, 0.15) is 12.7 Å². The lowest BCUT2D eigenvalue weighted by atomic mass is 9.93. The van der Waals surface area contributed by atoms with Gasteiger partial charge in [-0.05, 0) is 36.5 Å². The Kier molecular flexibility index (Phi) is 4.88. The molecule has 1 aromatic carbocycles. The lowest BCUT2D eigenvalue weighted by Gasteiger charge is -2.31. The highest BCUT2D eigenvalue weighted by Crippen LogP contribution is 2.21. The molecule has 0 saturated carbocycles. The number of carbonyl (C=O) groups is 2. The zero-order valence-corrected chi connectivity index (χ0v) is 13.5. The molecule has 24 heavy (non-hydrogen) atoms. The first-order chi connectivity index (χ1) is 11.6. The van der Waals surface area contributed by atoms with E-state index in [2.05, 4.69) is 10.1 Å². The number of piperidine rings is 1. The highest BCUT2D eigenvalue weighted by molar-refractivity contribution is 5.94. The van der Waals surface area contributed by atoms with Crippen LogP contribution in [0.15, 0.2) is 36.9 Å². The van der Waals surface area contributed by atoms with Gasteiger partial charge in [-0.25, -0.2) is 9.67 Å². The van der Waals surface area contributed by atoms with Gasteiger partial charge in [0.15, 0.2) is 0 Å². The van der Waals surface area contributed by atoms with Crippen LogP contribution in [0.2, 0.25) is 0 Å². The first-order valence-corrected chi connectivity index (χ1v) is 8.11. The minimum Gasteiger partial charge on any atom is -0.370 e. The molecule has 0 aliphatic carbocycles. The fourth-order valence-corrected chi connectivity index (χ4v) is 3.06. The predicted octanol–water partition coefficient (Wildman–Crippen LogP) is 1.05. The van der Waals surface area contributed by atoms with E-state index in [1.807, 2.05) is 29.2 Å². The molecular formula is C17H21N5O2. The third-order valence-electron chi connectivity index (χ3n) is 4.40. The summed E-state index contributed by atoms with van der Waals surface area (Å²) in [6.45, 7) is 1.99. The number of nitrogens with zero attached hydrogens (tertiary/aromatic N) is 4. The number of primary amides is 1. The van der Waals surface area contributed by atoms with E-state index in [-0.39, 0.29) is 11.8 Å². The zero-order chi connectivity index (χ0) is 16.9. The summed E-state index contributed by atoms with van der Waals surface area (Å²) in [5, 5.41) is 4.07. The SMILES string of the molecule is NC(=O)CC1CCN(C(=O)c2ccc(Cn3cncn3)cc2)CC1. The van der Waals surface area contributed by atoms with Crippen LogP contribution in [0, 0.1) is 5.92 Å². The average Bonchev–Trinajstić information content (AvgIpc) is 3.08. The van der Waals surface area contributed by atoms with Gasteiger partial charge in [0, 0.05) is 25.1 Å². The first-order valence-electron chi connectivity index (χ1n) is 8.11. The van der Waals surface area contributed by atoms with E-state index in [4.69, 9.17) is 5.73 Å². The smallest absolute Gasteiger partial charge is 0.253 e. The minimum atomic E-state index is -0.261. The Morgan fingerprint density at radius 3 is 2.46 bits per heavy atom. The molecule has 0 unspecified atom stereocenters. The second-order valence-corrected chi connectivity index (χ2v) is 6.20. The summed E-state index contributed by atoms with van der Waals surface area (Å²) in [4.78, 5) is 29.3. The Bertz CT molecular complexity index is 688. The van der Waals surface area contributed by atoms with Gasteiger partial charge >= 0.3 is 0 Å². The Morgan fingerprint density at radius 1 is 1.17 bits per heavy atom. The zero-order valence-electron chi connectivity index (χ0n) is 13.5. The normalized spacial score (nSPS) is 15.4. The summed E-state index contributed by atoms with van der Waals surface area (Å²) in [6.07, 6.45) is 5.24. The van der Waals surface area contributed by atoms with Gasteiger partial charge in [-0.15, -0.1) is 0 Å². The summed E-state index contributed by atoms with van der Waals surface area (Å²) in [5.74, 6) is 0.0826. The van der Waals surface area contributed by atoms with Crippen molar-refractivity contribution in [2.45, 2.75) is 25.8 Å². The van der Waals surface area contributed by atoms with E-state index >= 15 is 0 Å². The molecule has 2 N–H and O–H groups in total. The highest BCUT2D eigenvalue weighted by atomic mass is 16.2. The lowest BCUT2D eigenvalue weighted by Crippen LogP contribution is -2.39. The molecule has 2 heterocycles. The molecule has 0 atom stereocenters. The van der Waals surface area contributed by atoms with Crippen LogP contribution >= 0.6 is 0 Å². The van der Waals surface area contributed by atoms with E-state index in [1.54, 1.807) is 11.0 Å². The summed E-state index contributed by atoms with van der Waals surface area (Å²) >= 11 is 0. The maximum absolute atomic E-state index is 12.6. The van der Waals surface area contributed by atoms with Gasteiger partial charge in [-0.1, -0.05) is 12.1 Å². The molecule has 0 radical (unpaired) electrons. The molecule has 0 bridgehead atoms. The molecule has 1 aromatic heterocycles. The molecule has 7 heteroatoms. The largest absolute Gasteiger partial charge is 0.370 e. The van der Waals surface area contributed by atoms with Crippen LogP contribution in [0.5, 0.6) is 0 Å². The Hall–Kier alpha value is -2.70. The van der Waals surface area contributed by atoms with Crippen molar-refractivity contribution in [3.8, 4) is 0 Å². The maximum atomic E-state index is 12.6. The van der Waals surface area contributed by atoms with Gasteiger partial charge in [-0.2, -0.15) is 5.10 Å². The highest BCUT2D eigenvalue weighted by Gasteiger charge is 2.24. The predicted molar refractivity (Wildman–Crippen MR) is 88.0 cm³/mol. The monoisotopic (exact) mass is 327 g/mol. The number of amides is 2. The van der Waals surface area contributed by atoms with Gasteiger partial charge in [-0.3, -0.25) is 9.59 Å². The van der Waals surface area contributed by atoms with Crippen LogP contribution in [-0.2, 0) is 11.3 Å². The van der Waals surface area contributed by atoms with E-state index in [0.717, 1.165) is 18.4 Å². The van der Waals surface area contributed by atoms with Crippen LogP contribution in [0.4, 0.5) is 0 Å². The number of carbonyl (C=O) groups excluding carboxylic acids is 2. The van der Waals surface area contributed by atoms with Crippen LogP contribution in [0.1, 0.15) is 35.2 Å². The molecule has 7 nitrogen and oxygen atoms in total. The van der Waals surface area contributed by atoms with Crippen LogP contribution in [-0.4, -0.2) is 44.6 Å². The van der Waals surface area contributed by atoms with Gasteiger partial charge in [0.05, 0.1) is 6.54 Å². The number of likely N-dealkylation sites (tertiary alicyclic amines) is 1. The summed E-state index contributed by atoms with van der Waals surface area (Å²) in [5.41, 5.74) is 6.99.